The van der Waals surface area contributed by atoms with Gasteiger partial charge in [-0.3, -0.25) is 4.79 Å². The summed E-state index contributed by atoms with van der Waals surface area (Å²) < 4.78 is 0. The number of hydrogen-bond donors (Lipinski definition) is 2. The molecule has 1 amide bonds. The minimum absolute atomic E-state index is 0.248. The van der Waals surface area contributed by atoms with Crippen molar-refractivity contribution in [2.24, 2.45) is 0 Å². The van der Waals surface area contributed by atoms with E-state index >= 15 is 0 Å². The number of amides is 1. The van der Waals surface area contributed by atoms with E-state index in [2.05, 4.69) is 5.32 Å². The number of nitrogens with one attached hydrogen (secondary N) is 1. The summed E-state index contributed by atoms with van der Waals surface area (Å²) in [5, 5.41) is 12.5. The molecule has 4 heteroatoms. The van der Waals surface area contributed by atoms with Gasteiger partial charge >= 0.3 is 5.97 Å². The summed E-state index contributed by atoms with van der Waals surface area (Å²) in [5.41, 5.74) is 7.06. The number of carbonyl (C=O) groups excluding carboxylic acids is 1. The van der Waals surface area contributed by atoms with Gasteiger partial charge in [-0.15, -0.1) is 0 Å². The zero-order valence-corrected chi connectivity index (χ0v) is 16.5. The Morgan fingerprint density at radius 3 is 2.03 bits per heavy atom. The molecule has 0 fully saturated rings. The Morgan fingerprint density at radius 2 is 1.48 bits per heavy atom. The lowest BCUT2D eigenvalue weighted by Crippen LogP contribution is -2.44. The van der Waals surface area contributed by atoms with Gasteiger partial charge in [0.1, 0.15) is 6.04 Å². The first kappa shape index (κ1) is 18.9. The molecule has 0 unspecified atom stereocenters. The molecule has 0 aliphatic heterocycles. The number of carboxylic acids is 1. The van der Waals surface area contributed by atoms with Crippen molar-refractivity contribution in [3.8, 4) is 11.1 Å². The summed E-state index contributed by atoms with van der Waals surface area (Å²) in [6, 6.07) is 20.5. The lowest BCUT2D eigenvalue weighted by Gasteiger charge is -2.19. The number of aliphatic carboxylic acids is 1. The lowest BCUT2D eigenvalue weighted by atomic mass is 9.95. The van der Waals surface area contributed by atoms with Crippen molar-refractivity contribution in [2.75, 3.05) is 0 Å². The number of aryl methyl sites for hydroxylation is 2. The Bertz CT molecular complexity index is 1060. The van der Waals surface area contributed by atoms with Gasteiger partial charge in [0.25, 0.3) is 0 Å². The summed E-state index contributed by atoms with van der Waals surface area (Å²) in [5.74, 6) is -1.81. The van der Waals surface area contributed by atoms with Gasteiger partial charge in [0.15, 0.2) is 0 Å². The average molecular weight is 385 g/mol. The van der Waals surface area contributed by atoms with Gasteiger partial charge in [0.05, 0.1) is 5.92 Å². The van der Waals surface area contributed by atoms with E-state index in [-0.39, 0.29) is 12.3 Å². The Morgan fingerprint density at radius 1 is 0.897 bits per heavy atom. The molecule has 0 bridgehead atoms. The number of rotatable bonds is 5. The van der Waals surface area contributed by atoms with Crippen molar-refractivity contribution in [3.05, 3.63) is 94.5 Å². The molecule has 0 saturated carbocycles. The molecule has 146 valence electrons. The molecule has 2 N–H and O–H groups in total. The Balaban J connectivity index is 1.61. The molecule has 0 heterocycles. The highest BCUT2D eigenvalue weighted by Gasteiger charge is 2.35. The second-order valence-corrected chi connectivity index (χ2v) is 7.63. The standard InChI is InChI=1S/C25H23NO3/c1-15-11-12-17(13-16(15)2)14-22(25(28)29)26-24(27)23-20-9-5-3-7-18(20)19-8-4-6-10-21(19)23/h3-13,22-23H,14H2,1-2H3,(H,26,27)(H,28,29)/t22-/m0/s1. The molecule has 1 aliphatic rings. The van der Waals surface area contributed by atoms with Crippen LogP contribution in [0.15, 0.2) is 66.7 Å². The Labute approximate surface area is 170 Å². The van der Waals surface area contributed by atoms with Crippen molar-refractivity contribution in [1.29, 1.82) is 0 Å². The number of fused-ring (bicyclic) bond motifs is 3. The number of carboxylic acid groups (broad SMARTS) is 1. The van der Waals surface area contributed by atoms with E-state index in [1.807, 2.05) is 80.6 Å². The average Bonchev–Trinajstić information content (AvgIpc) is 3.04. The minimum Gasteiger partial charge on any atom is -0.480 e. The molecule has 0 spiro atoms. The topological polar surface area (TPSA) is 66.4 Å². The highest BCUT2D eigenvalue weighted by molar-refractivity contribution is 5.97. The Kier molecular flexibility index (Phi) is 4.93. The van der Waals surface area contributed by atoms with Crippen LogP contribution in [0.25, 0.3) is 11.1 Å². The maximum absolute atomic E-state index is 13.2. The lowest BCUT2D eigenvalue weighted by molar-refractivity contribution is -0.141. The van der Waals surface area contributed by atoms with Crippen LogP contribution in [0, 0.1) is 13.8 Å². The highest BCUT2D eigenvalue weighted by Crippen LogP contribution is 2.44. The van der Waals surface area contributed by atoms with E-state index in [0.29, 0.717) is 0 Å². The second-order valence-electron chi connectivity index (χ2n) is 7.63. The fourth-order valence-electron chi connectivity index (χ4n) is 4.06. The first-order valence-electron chi connectivity index (χ1n) is 9.73. The van der Waals surface area contributed by atoms with Crippen molar-refractivity contribution in [2.45, 2.75) is 32.2 Å². The SMILES string of the molecule is Cc1ccc(C[C@H](NC(=O)C2c3ccccc3-c3ccccc32)C(=O)O)cc1C. The van der Waals surface area contributed by atoms with Crippen LogP contribution in [0.4, 0.5) is 0 Å². The normalized spacial score (nSPS) is 13.4. The number of hydrogen-bond acceptors (Lipinski definition) is 2. The maximum atomic E-state index is 13.2. The quantitative estimate of drug-likeness (QED) is 0.691. The van der Waals surface area contributed by atoms with Crippen LogP contribution in [0.2, 0.25) is 0 Å². The molecule has 4 nitrogen and oxygen atoms in total. The van der Waals surface area contributed by atoms with Gasteiger partial charge in [-0.2, -0.15) is 0 Å². The minimum atomic E-state index is -1.03. The third-order valence-corrected chi connectivity index (χ3v) is 5.72. The molecular formula is C25H23NO3. The van der Waals surface area contributed by atoms with Crippen molar-refractivity contribution in [3.63, 3.8) is 0 Å². The van der Waals surface area contributed by atoms with Gasteiger partial charge in [0, 0.05) is 6.42 Å². The van der Waals surface area contributed by atoms with Gasteiger partial charge in [-0.25, -0.2) is 4.79 Å². The predicted molar refractivity (Wildman–Crippen MR) is 113 cm³/mol. The maximum Gasteiger partial charge on any atom is 0.326 e. The zero-order valence-electron chi connectivity index (χ0n) is 16.5. The molecule has 29 heavy (non-hydrogen) atoms. The third-order valence-electron chi connectivity index (χ3n) is 5.72. The molecule has 1 aliphatic carbocycles. The summed E-state index contributed by atoms with van der Waals surface area (Å²) >= 11 is 0. The van der Waals surface area contributed by atoms with Gasteiger partial charge in [-0.05, 0) is 52.8 Å². The van der Waals surface area contributed by atoms with E-state index in [0.717, 1.165) is 38.9 Å². The van der Waals surface area contributed by atoms with Crippen molar-refractivity contribution in [1.82, 2.24) is 5.32 Å². The largest absolute Gasteiger partial charge is 0.480 e. The molecule has 3 aromatic carbocycles. The van der Waals surface area contributed by atoms with Crippen LogP contribution in [0.1, 0.15) is 33.7 Å². The highest BCUT2D eigenvalue weighted by atomic mass is 16.4. The van der Waals surface area contributed by atoms with Crippen molar-refractivity contribution >= 4 is 11.9 Å². The van der Waals surface area contributed by atoms with Crippen molar-refractivity contribution < 1.29 is 14.7 Å². The van der Waals surface area contributed by atoms with Crippen LogP contribution in [-0.4, -0.2) is 23.0 Å². The number of benzene rings is 3. The molecule has 0 saturated heterocycles. The third kappa shape index (κ3) is 3.54. The van der Waals surface area contributed by atoms with Gasteiger partial charge in [0.2, 0.25) is 5.91 Å². The first-order valence-corrected chi connectivity index (χ1v) is 9.73. The molecule has 0 aromatic heterocycles. The van der Waals surface area contributed by atoms with Gasteiger partial charge < -0.3 is 10.4 Å². The smallest absolute Gasteiger partial charge is 0.326 e. The monoisotopic (exact) mass is 385 g/mol. The predicted octanol–water partition coefficient (Wildman–Crippen LogP) is 4.23. The molecule has 0 radical (unpaired) electrons. The van der Waals surface area contributed by atoms with Crippen LogP contribution >= 0.6 is 0 Å². The van der Waals surface area contributed by atoms with Crippen LogP contribution < -0.4 is 5.32 Å². The zero-order chi connectivity index (χ0) is 20.5. The molecule has 3 aromatic rings. The fraction of sp³-hybridized carbons (Fsp3) is 0.200. The number of carbonyl (C=O) groups is 2. The fourth-order valence-corrected chi connectivity index (χ4v) is 4.06. The van der Waals surface area contributed by atoms with E-state index in [4.69, 9.17) is 0 Å². The summed E-state index contributed by atoms with van der Waals surface area (Å²) in [6.45, 7) is 4.02. The van der Waals surface area contributed by atoms with Gasteiger partial charge in [-0.1, -0.05) is 66.7 Å². The van der Waals surface area contributed by atoms with Crippen LogP contribution in [0.5, 0.6) is 0 Å². The van der Waals surface area contributed by atoms with E-state index in [9.17, 15) is 14.7 Å². The molecule has 4 rings (SSSR count). The van der Waals surface area contributed by atoms with Crippen LogP contribution in [-0.2, 0) is 16.0 Å². The van der Waals surface area contributed by atoms with E-state index in [1.54, 1.807) is 0 Å². The van der Waals surface area contributed by atoms with Crippen LogP contribution in [0.3, 0.4) is 0 Å². The summed E-state index contributed by atoms with van der Waals surface area (Å²) in [7, 11) is 0. The van der Waals surface area contributed by atoms with E-state index < -0.39 is 17.9 Å². The second kappa shape index (κ2) is 7.55. The van der Waals surface area contributed by atoms with E-state index in [1.165, 1.54) is 0 Å². The summed E-state index contributed by atoms with van der Waals surface area (Å²) in [4.78, 5) is 25.1. The molecule has 1 atom stereocenters. The first-order chi connectivity index (χ1) is 14.0. The summed E-state index contributed by atoms with van der Waals surface area (Å²) in [6.07, 6.45) is 0.248. The Hall–Kier alpha value is -3.40. The molecular weight excluding hydrogens is 362 g/mol.